The molecule has 2 aromatic rings. The van der Waals surface area contributed by atoms with Crippen molar-refractivity contribution in [3.05, 3.63) is 60.2 Å². The van der Waals surface area contributed by atoms with Crippen molar-refractivity contribution < 1.29 is 19.1 Å². The zero-order chi connectivity index (χ0) is 21.8. The summed E-state index contributed by atoms with van der Waals surface area (Å²) >= 11 is 0. The molecule has 2 unspecified atom stereocenters. The van der Waals surface area contributed by atoms with Crippen LogP contribution in [0.4, 0.5) is 10.5 Å². The number of fused-ring (bicyclic) bond motifs is 1. The Morgan fingerprint density at radius 1 is 1.13 bits per heavy atom. The Morgan fingerprint density at radius 2 is 1.87 bits per heavy atom. The topological polar surface area (TPSA) is 91.0 Å². The van der Waals surface area contributed by atoms with Crippen LogP contribution < -0.4 is 15.4 Å². The number of benzene rings is 2. The highest BCUT2D eigenvalue weighted by Crippen LogP contribution is 2.29. The number of anilines is 1. The third-order valence-electron chi connectivity index (χ3n) is 5.70. The summed E-state index contributed by atoms with van der Waals surface area (Å²) in [6.07, 6.45) is 1.05. The van der Waals surface area contributed by atoms with Gasteiger partial charge in [-0.2, -0.15) is 0 Å². The summed E-state index contributed by atoms with van der Waals surface area (Å²) in [7, 11) is 1.53. The summed E-state index contributed by atoms with van der Waals surface area (Å²) in [5, 5.41) is 6.07. The lowest BCUT2D eigenvalue weighted by Crippen LogP contribution is -2.68. The molecule has 2 heterocycles. The summed E-state index contributed by atoms with van der Waals surface area (Å²) in [6, 6.07) is 16.0. The average molecular weight is 422 g/mol. The normalized spacial score (nSPS) is 20.9. The van der Waals surface area contributed by atoms with E-state index in [4.69, 9.17) is 4.74 Å². The first kappa shape index (κ1) is 20.9. The summed E-state index contributed by atoms with van der Waals surface area (Å²) < 4.78 is 5.28. The minimum atomic E-state index is -0.482. The van der Waals surface area contributed by atoms with Gasteiger partial charge in [-0.25, -0.2) is 4.79 Å². The van der Waals surface area contributed by atoms with Gasteiger partial charge >= 0.3 is 6.03 Å². The molecule has 0 spiro atoms. The first-order valence-corrected chi connectivity index (χ1v) is 10.4. The smallest absolute Gasteiger partial charge is 0.328 e. The molecule has 0 saturated carbocycles. The molecule has 162 valence electrons. The van der Waals surface area contributed by atoms with Crippen molar-refractivity contribution in [2.24, 2.45) is 5.92 Å². The number of para-hydroxylation sites is 2. The molecule has 2 fully saturated rings. The Labute approximate surface area is 181 Å². The average Bonchev–Trinajstić information content (AvgIpc) is 2.80. The molecular weight excluding hydrogens is 396 g/mol. The zero-order valence-electron chi connectivity index (χ0n) is 17.4. The van der Waals surface area contributed by atoms with Crippen molar-refractivity contribution in [3.8, 4) is 5.75 Å². The van der Waals surface area contributed by atoms with E-state index in [1.54, 1.807) is 18.2 Å². The number of carbonyl (C=O) groups excluding carboxylic acids is 3. The van der Waals surface area contributed by atoms with Crippen LogP contribution in [0.1, 0.15) is 18.4 Å². The Balaban J connectivity index is 1.54. The minimum Gasteiger partial charge on any atom is -0.495 e. The maximum atomic E-state index is 13.3. The molecule has 4 amide bonds. The molecule has 2 aliphatic rings. The SMILES string of the molecule is COc1ccccc1NC(=O)CN1C(=O)N(Cc2ccccc2)C(=O)C2CCCNC21. The number of nitrogens with zero attached hydrogens (tertiary/aromatic N) is 2. The summed E-state index contributed by atoms with van der Waals surface area (Å²) in [4.78, 5) is 42.0. The number of carbonyl (C=O) groups is 3. The van der Waals surface area contributed by atoms with Crippen LogP contribution in [0.15, 0.2) is 54.6 Å². The van der Waals surface area contributed by atoms with E-state index in [-0.39, 0.29) is 30.8 Å². The third kappa shape index (κ3) is 4.39. The number of piperidine rings is 1. The van der Waals surface area contributed by atoms with Gasteiger partial charge in [-0.1, -0.05) is 42.5 Å². The minimum absolute atomic E-state index is 0.163. The molecule has 0 bridgehead atoms. The van der Waals surface area contributed by atoms with E-state index in [2.05, 4.69) is 10.6 Å². The molecule has 0 aromatic heterocycles. The number of hydrogen-bond donors (Lipinski definition) is 2. The van der Waals surface area contributed by atoms with Gasteiger partial charge in [0.25, 0.3) is 0 Å². The first-order valence-electron chi connectivity index (χ1n) is 10.4. The number of urea groups is 1. The number of methoxy groups -OCH3 is 1. The van der Waals surface area contributed by atoms with Crippen molar-refractivity contribution in [2.75, 3.05) is 25.5 Å². The molecule has 8 heteroatoms. The van der Waals surface area contributed by atoms with Crippen LogP contribution in [0, 0.1) is 5.92 Å². The monoisotopic (exact) mass is 422 g/mol. The zero-order valence-corrected chi connectivity index (χ0v) is 17.4. The molecule has 31 heavy (non-hydrogen) atoms. The van der Waals surface area contributed by atoms with E-state index >= 15 is 0 Å². The fraction of sp³-hybridized carbons (Fsp3) is 0.348. The molecule has 2 N–H and O–H groups in total. The third-order valence-corrected chi connectivity index (χ3v) is 5.70. The Hall–Kier alpha value is -3.39. The van der Waals surface area contributed by atoms with Crippen LogP contribution in [-0.4, -0.2) is 54.0 Å². The number of amides is 4. The Morgan fingerprint density at radius 3 is 2.65 bits per heavy atom. The van der Waals surface area contributed by atoms with Crippen molar-refractivity contribution in [2.45, 2.75) is 25.6 Å². The van der Waals surface area contributed by atoms with Gasteiger partial charge < -0.3 is 10.1 Å². The number of ether oxygens (including phenoxy) is 1. The highest BCUT2D eigenvalue weighted by molar-refractivity contribution is 6.01. The lowest BCUT2D eigenvalue weighted by Gasteiger charge is -2.46. The second kappa shape index (κ2) is 9.18. The van der Waals surface area contributed by atoms with Crippen molar-refractivity contribution in [3.63, 3.8) is 0 Å². The first-order chi connectivity index (χ1) is 15.1. The fourth-order valence-electron chi connectivity index (χ4n) is 4.20. The molecule has 2 saturated heterocycles. The van der Waals surface area contributed by atoms with Crippen LogP contribution in [0.2, 0.25) is 0 Å². The Kier molecular flexibility index (Phi) is 6.18. The van der Waals surface area contributed by atoms with Crippen LogP contribution in [0.5, 0.6) is 5.75 Å². The van der Waals surface area contributed by atoms with E-state index in [0.29, 0.717) is 24.4 Å². The van der Waals surface area contributed by atoms with Crippen LogP contribution in [0.25, 0.3) is 0 Å². The van der Waals surface area contributed by atoms with E-state index in [1.807, 2.05) is 36.4 Å². The second-order valence-corrected chi connectivity index (χ2v) is 7.72. The number of hydrogen-bond acceptors (Lipinski definition) is 5. The van der Waals surface area contributed by atoms with Gasteiger partial charge in [-0.05, 0) is 37.1 Å². The highest BCUT2D eigenvalue weighted by Gasteiger charge is 2.47. The van der Waals surface area contributed by atoms with E-state index < -0.39 is 12.2 Å². The lowest BCUT2D eigenvalue weighted by molar-refractivity contribution is -0.143. The van der Waals surface area contributed by atoms with Crippen molar-refractivity contribution >= 4 is 23.5 Å². The molecular formula is C23H26N4O4. The standard InChI is InChI=1S/C23H26N4O4/c1-31-19-12-6-5-11-18(19)25-20(28)15-26-21-17(10-7-13-24-21)22(29)27(23(26)30)14-16-8-3-2-4-9-16/h2-6,8-9,11-12,17,21,24H,7,10,13-15H2,1H3,(H,25,28). The van der Waals surface area contributed by atoms with Crippen LogP contribution in [-0.2, 0) is 16.1 Å². The maximum Gasteiger partial charge on any atom is 0.328 e. The lowest BCUT2D eigenvalue weighted by atomic mass is 9.91. The summed E-state index contributed by atoms with van der Waals surface area (Å²) in [5.41, 5.74) is 1.40. The van der Waals surface area contributed by atoms with Gasteiger partial charge in [0, 0.05) is 0 Å². The largest absolute Gasteiger partial charge is 0.495 e. The number of nitrogens with one attached hydrogen (secondary N) is 2. The Bertz CT molecular complexity index is 965. The van der Waals surface area contributed by atoms with Crippen LogP contribution >= 0.6 is 0 Å². The quantitative estimate of drug-likeness (QED) is 0.746. The van der Waals surface area contributed by atoms with Crippen molar-refractivity contribution in [1.29, 1.82) is 0 Å². The predicted octanol–water partition coefficient (Wildman–Crippen LogP) is 2.42. The van der Waals surface area contributed by atoms with E-state index in [0.717, 1.165) is 12.0 Å². The van der Waals surface area contributed by atoms with Gasteiger partial charge in [-0.3, -0.25) is 24.7 Å². The summed E-state index contributed by atoms with van der Waals surface area (Å²) in [6.45, 7) is 0.723. The molecule has 2 aromatic carbocycles. The predicted molar refractivity (Wildman–Crippen MR) is 115 cm³/mol. The van der Waals surface area contributed by atoms with Gasteiger partial charge in [0.05, 0.1) is 31.4 Å². The molecule has 0 aliphatic carbocycles. The molecule has 8 nitrogen and oxygen atoms in total. The van der Waals surface area contributed by atoms with Gasteiger partial charge in [0.2, 0.25) is 11.8 Å². The maximum absolute atomic E-state index is 13.3. The van der Waals surface area contributed by atoms with Gasteiger partial charge in [-0.15, -0.1) is 0 Å². The number of rotatable bonds is 6. The molecule has 2 atom stereocenters. The number of imide groups is 1. The van der Waals surface area contributed by atoms with Gasteiger partial charge in [0.15, 0.2) is 0 Å². The van der Waals surface area contributed by atoms with Gasteiger partial charge in [0.1, 0.15) is 12.3 Å². The highest BCUT2D eigenvalue weighted by atomic mass is 16.5. The van der Waals surface area contributed by atoms with Crippen LogP contribution in [0.3, 0.4) is 0 Å². The summed E-state index contributed by atoms with van der Waals surface area (Å²) in [5.74, 6) is -0.366. The second-order valence-electron chi connectivity index (χ2n) is 7.72. The molecule has 4 rings (SSSR count). The fourth-order valence-corrected chi connectivity index (χ4v) is 4.20. The molecule has 2 aliphatic heterocycles. The molecule has 0 radical (unpaired) electrons. The van der Waals surface area contributed by atoms with E-state index in [9.17, 15) is 14.4 Å². The van der Waals surface area contributed by atoms with E-state index in [1.165, 1.54) is 16.9 Å². The van der Waals surface area contributed by atoms with Crippen molar-refractivity contribution in [1.82, 2.24) is 15.1 Å².